The third-order valence-electron chi connectivity index (χ3n) is 3.74. The molecule has 1 aliphatic heterocycles. The highest BCUT2D eigenvalue weighted by Crippen LogP contribution is 2.33. The topological polar surface area (TPSA) is 46.6 Å². The van der Waals surface area contributed by atoms with Gasteiger partial charge in [-0.05, 0) is 36.9 Å². The van der Waals surface area contributed by atoms with Crippen LogP contribution in [-0.4, -0.2) is 22.6 Å². The summed E-state index contributed by atoms with van der Waals surface area (Å²) >= 11 is 0.910. The highest BCUT2D eigenvalue weighted by atomic mass is 32.2. The molecule has 0 aliphatic carbocycles. The van der Waals surface area contributed by atoms with Gasteiger partial charge in [0.1, 0.15) is 18.2 Å². The Morgan fingerprint density at radius 2 is 1.84 bits per heavy atom. The summed E-state index contributed by atoms with van der Waals surface area (Å²) in [6.07, 6.45) is 1.64. The van der Waals surface area contributed by atoms with Gasteiger partial charge in [0.15, 0.2) is 0 Å². The van der Waals surface area contributed by atoms with Gasteiger partial charge < -0.3 is 4.74 Å². The normalized spacial score (nSPS) is 15.9. The zero-order chi connectivity index (χ0) is 17.8. The van der Waals surface area contributed by atoms with Crippen LogP contribution >= 0.6 is 11.8 Å². The number of ether oxygens (including phenoxy) is 1. The van der Waals surface area contributed by atoms with E-state index < -0.39 is 0 Å². The molecule has 128 valence electrons. The third-order valence-corrected chi connectivity index (χ3v) is 4.64. The smallest absolute Gasteiger partial charge is 0.293 e. The van der Waals surface area contributed by atoms with Gasteiger partial charge in [-0.2, -0.15) is 0 Å². The number of hydrogen-bond donors (Lipinski definition) is 0. The van der Waals surface area contributed by atoms with Crippen molar-refractivity contribution in [3.63, 3.8) is 0 Å². The number of thioether (sulfide) groups is 1. The van der Waals surface area contributed by atoms with E-state index in [1.165, 1.54) is 11.0 Å². The van der Waals surface area contributed by atoms with Crippen molar-refractivity contribution < 1.29 is 18.7 Å². The van der Waals surface area contributed by atoms with Crippen LogP contribution in [0.1, 0.15) is 18.1 Å². The van der Waals surface area contributed by atoms with Crippen LogP contribution in [0.5, 0.6) is 5.75 Å². The summed E-state index contributed by atoms with van der Waals surface area (Å²) in [6.45, 7) is 2.17. The van der Waals surface area contributed by atoms with Gasteiger partial charge in [-0.25, -0.2) is 4.39 Å². The second-order valence-corrected chi connectivity index (χ2v) is 6.34. The van der Waals surface area contributed by atoms with Crippen molar-refractivity contribution in [1.82, 2.24) is 4.90 Å². The van der Waals surface area contributed by atoms with E-state index in [0.29, 0.717) is 28.3 Å². The highest BCUT2D eigenvalue weighted by molar-refractivity contribution is 8.18. The molecular formula is C19H16FNO3S. The van der Waals surface area contributed by atoms with Crippen LogP contribution in [-0.2, 0) is 11.4 Å². The number of para-hydroxylation sites is 1. The second-order valence-electron chi connectivity index (χ2n) is 5.34. The SMILES string of the molecule is CCN1C(=O)SC(=Cc2ccccc2OCc2ccccc2F)C1=O. The third kappa shape index (κ3) is 3.74. The minimum absolute atomic E-state index is 0.0773. The zero-order valence-electron chi connectivity index (χ0n) is 13.6. The van der Waals surface area contributed by atoms with Crippen molar-refractivity contribution in [1.29, 1.82) is 0 Å². The first-order valence-electron chi connectivity index (χ1n) is 7.80. The minimum atomic E-state index is -0.330. The molecule has 0 bridgehead atoms. The van der Waals surface area contributed by atoms with Crippen molar-refractivity contribution in [3.05, 3.63) is 70.4 Å². The Balaban J connectivity index is 1.82. The minimum Gasteiger partial charge on any atom is -0.488 e. The molecule has 0 unspecified atom stereocenters. The molecule has 0 radical (unpaired) electrons. The predicted molar refractivity (Wildman–Crippen MR) is 95.5 cm³/mol. The van der Waals surface area contributed by atoms with Gasteiger partial charge in [-0.15, -0.1) is 0 Å². The first kappa shape index (κ1) is 17.2. The average Bonchev–Trinajstić information content (AvgIpc) is 2.88. The van der Waals surface area contributed by atoms with Gasteiger partial charge in [0.2, 0.25) is 0 Å². The van der Waals surface area contributed by atoms with Crippen LogP contribution in [0.3, 0.4) is 0 Å². The van der Waals surface area contributed by atoms with Crippen LogP contribution in [0.15, 0.2) is 53.4 Å². The fraction of sp³-hybridized carbons (Fsp3) is 0.158. The number of amides is 2. The Morgan fingerprint density at radius 1 is 1.12 bits per heavy atom. The van der Waals surface area contributed by atoms with Crippen LogP contribution in [0, 0.1) is 5.82 Å². The van der Waals surface area contributed by atoms with E-state index in [4.69, 9.17) is 4.74 Å². The number of halogens is 1. The second kappa shape index (κ2) is 7.53. The Bertz CT molecular complexity index is 850. The Kier molecular flexibility index (Phi) is 5.19. The number of carbonyl (C=O) groups excluding carboxylic acids is 2. The molecule has 0 saturated carbocycles. The molecule has 25 heavy (non-hydrogen) atoms. The number of benzene rings is 2. The summed E-state index contributed by atoms with van der Waals surface area (Å²) in [5, 5.41) is -0.275. The van der Waals surface area contributed by atoms with Gasteiger partial charge in [-0.3, -0.25) is 14.5 Å². The van der Waals surface area contributed by atoms with E-state index in [1.807, 2.05) is 6.07 Å². The molecule has 1 saturated heterocycles. The van der Waals surface area contributed by atoms with Crippen LogP contribution in [0.25, 0.3) is 6.08 Å². The maximum Gasteiger partial charge on any atom is 0.293 e. The van der Waals surface area contributed by atoms with Gasteiger partial charge in [-0.1, -0.05) is 36.4 Å². The van der Waals surface area contributed by atoms with Gasteiger partial charge in [0, 0.05) is 17.7 Å². The van der Waals surface area contributed by atoms with E-state index in [-0.39, 0.29) is 23.6 Å². The quantitative estimate of drug-likeness (QED) is 0.741. The number of likely N-dealkylation sites (N-methyl/N-ethyl adjacent to an activating group) is 1. The largest absolute Gasteiger partial charge is 0.488 e. The molecule has 1 heterocycles. The average molecular weight is 357 g/mol. The Labute approximate surface area is 149 Å². The van der Waals surface area contributed by atoms with Gasteiger partial charge in [0.25, 0.3) is 11.1 Å². The molecule has 0 N–H and O–H groups in total. The first-order chi connectivity index (χ1) is 12.1. The number of hydrogen-bond acceptors (Lipinski definition) is 4. The van der Waals surface area contributed by atoms with E-state index in [9.17, 15) is 14.0 Å². The summed E-state index contributed by atoms with van der Waals surface area (Å²) in [5.41, 5.74) is 1.11. The molecule has 0 atom stereocenters. The molecule has 2 amide bonds. The van der Waals surface area contributed by atoms with Crippen LogP contribution in [0.4, 0.5) is 9.18 Å². The summed E-state index contributed by atoms with van der Waals surface area (Å²) in [5.74, 6) is -0.112. The van der Waals surface area contributed by atoms with E-state index in [1.54, 1.807) is 49.4 Å². The lowest BCUT2D eigenvalue weighted by Crippen LogP contribution is -2.27. The number of nitrogens with zero attached hydrogens (tertiary/aromatic N) is 1. The number of carbonyl (C=O) groups is 2. The van der Waals surface area contributed by atoms with Gasteiger partial charge >= 0.3 is 0 Å². The molecule has 4 nitrogen and oxygen atoms in total. The molecule has 0 spiro atoms. The van der Waals surface area contributed by atoms with Crippen molar-refractivity contribution in [3.8, 4) is 5.75 Å². The van der Waals surface area contributed by atoms with Crippen LogP contribution < -0.4 is 4.74 Å². The van der Waals surface area contributed by atoms with Crippen molar-refractivity contribution >= 4 is 29.0 Å². The molecule has 3 rings (SSSR count). The van der Waals surface area contributed by atoms with Gasteiger partial charge in [0.05, 0.1) is 4.91 Å². The number of imide groups is 1. The van der Waals surface area contributed by atoms with E-state index in [2.05, 4.69) is 0 Å². The fourth-order valence-electron chi connectivity index (χ4n) is 2.42. The fourth-order valence-corrected chi connectivity index (χ4v) is 3.31. The Hall–Kier alpha value is -2.60. The lowest BCUT2D eigenvalue weighted by atomic mass is 10.1. The summed E-state index contributed by atoms with van der Waals surface area (Å²) in [6, 6.07) is 13.5. The number of rotatable bonds is 5. The molecule has 1 aliphatic rings. The lowest BCUT2D eigenvalue weighted by molar-refractivity contribution is -0.122. The van der Waals surface area contributed by atoms with Crippen molar-refractivity contribution in [2.24, 2.45) is 0 Å². The summed E-state index contributed by atoms with van der Waals surface area (Å²) in [4.78, 5) is 25.6. The molecule has 2 aromatic rings. The maximum atomic E-state index is 13.7. The Morgan fingerprint density at radius 3 is 2.56 bits per heavy atom. The monoisotopic (exact) mass is 357 g/mol. The zero-order valence-corrected chi connectivity index (χ0v) is 14.4. The van der Waals surface area contributed by atoms with E-state index in [0.717, 1.165) is 11.8 Å². The van der Waals surface area contributed by atoms with Crippen LogP contribution in [0.2, 0.25) is 0 Å². The first-order valence-corrected chi connectivity index (χ1v) is 8.62. The van der Waals surface area contributed by atoms with E-state index >= 15 is 0 Å². The van der Waals surface area contributed by atoms with Crippen molar-refractivity contribution in [2.45, 2.75) is 13.5 Å². The standard InChI is InChI=1S/C19H16FNO3S/c1-2-21-18(22)17(25-19(21)23)11-13-7-4-6-10-16(13)24-12-14-8-3-5-9-15(14)20/h3-11H,2,12H2,1H3. The molecule has 0 aromatic heterocycles. The predicted octanol–water partition coefficient (Wildman–Crippen LogP) is 4.46. The summed E-state index contributed by atoms with van der Waals surface area (Å²) in [7, 11) is 0. The molecule has 2 aromatic carbocycles. The maximum absolute atomic E-state index is 13.7. The molecule has 1 fully saturated rings. The van der Waals surface area contributed by atoms with Crippen molar-refractivity contribution in [2.75, 3.05) is 6.54 Å². The highest BCUT2D eigenvalue weighted by Gasteiger charge is 2.33. The molecule has 6 heteroatoms. The summed E-state index contributed by atoms with van der Waals surface area (Å²) < 4.78 is 19.4. The molecular weight excluding hydrogens is 341 g/mol. The lowest BCUT2D eigenvalue weighted by Gasteiger charge is -2.10.